The molecule has 0 unspecified atom stereocenters. The van der Waals surface area contributed by atoms with Gasteiger partial charge in [0.05, 0.1) is 13.1 Å². The van der Waals surface area contributed by atoms with Crippen molar-refractivity contribution in [1.82, 2.24) is 15.5 Å². The maximum absolute atomic E-state index is 12.4. The number of carbonyl (C=O) groups is 3. The molecule has 1 fully saturated rings. The number of urea groups is 1. The van der Waals surface area contributed by atoms with Gasteiger partial charge in [-0.2, -0.15) is 0 Å². The van der Waals surface area contributed by atoms with E-state index in [1.165, 1.54) is 0 Å². The van der Waals surface area contributed by atoms with Crippen LogP contribution in [0, 0.1) is 6.92 Å². The number of benzene rings is 2. The van der Waals surface area contributed by atoms with Crippen LogP contribution in [0.25, 0.3) is 0 Å². The third-order valence-corrected chi connectivity index (χ3v) is 5.20. The fourth-order valence-electron chi connectivity index (χ4n) is 3.27. The van der Waals surface area contributed by atoms with Crippen LogP contribution in [0.1, 0.15) is 5.56 Å². The first-order chi connectivity index (χ1) is 14.9. The molecule has 4 amide bonds. The van der Waals surface area contributed by atoms with Crippen molar-refractivity contribution in [3.05, 3.63) is 59.1 Å². The van der Waals surface area contributed by atoms with Crippen molar-refractivity contribution in [1.29, 1.82) is 0 Å². The lowest BCUT2D eigenvalue weighted by Crippen LogP contribution is -2.51. The standard InChI is InChI=1S/C22H26ClN5O3/c1-16-3-2-4-18(13-16)26-22(31)25-14-20(29)24-15-21(30)28-11-9-27(10-12-28)19-7-5-17(23)6-8-19/h2-8,13H,9-12,14-15H2,1H3,(H,24,29)(H2,25,26,31). The summed E-state index contributed by atoms with van der Waals surface area (Å²) in [5.41, 5.74) is 2.73. The number of hydrogen-bond donors (Lipinski definition) is 3. The SMILES string of the molecule is Cc1cccc(NC(=O)NCC(=O)NCC(=O)N2CCN(c3ccc(Cl)cc3)CC2)c1. The maximum Gasteiger partial charge on any atom is 0.319 e. The molecule has 0 radical (unpaired) electrons. The molecule has 1 aliphatic rings. The quantitative estimate of drug-likeness (QED) is 0.638. The Kier molecular flexibility index (Phi) is 7.72. The monoisotopic (exact) mass is 443 g/mol. The predicted octanol–water partition coefficient (Wildman–Crippen LogP) is 2.23. The van der Waals surface area contributed by atoms with Crippen molar-refractivity contribution in [2.45, 2.75) is 6.92 Å². The van der Waals surface area contributed by atoms with E-state index in [2.05, 4.69) is 20.9 Å². The highest BCUT2D eigenvalue weighted by Crippen LogP contribution is 2.19. The molecule has 31 heavy (non-hydrogen) atoms. The Morgan fingerprint density at radius 3 is 2.32 bits per heavy atom. The Balaban J connectivity index is 1.34. The molecule has 3 rings (SSSR count). The molecule has 164 valence electrons. The number of halogens is 1. The molecule has 0 bridgehead atoms. The number of carbonyl (C=O) groups excluding carboxylic acids is 3. The van der Waals surface area contributed by atoms with E-state index in [4.69, 9.17) is 11.6 Å². The van der Waals surface area contributed by atoms with Crippen LogP contribution >= 0.6 is 11.6 Å². The summed E-state index contributed by atoms with van der Waals surface area (Å²) >= 11 is 5.92. The van der Waals surface area contributed by atoms with Crippen LogP contribution in [0.15, 0.2) is 48.5 Å². The summed E-state index contributed by atoms with van der Waals surface area (Å²) in [6, 6.07) is 14.5. The van der Waals surface area contributed by atoms with E-state index < -0.39 is 11.9 Å². The van der Waals surface area contributed by atoms with Gasteiger partial charge in [-0.15, -0.1) is 0 Å². The number of anilines is 2. The third kappa shape index (κ3) is 6.89. The minimum Gasteiger partial charge on any atom is -0.368 e. The molecule has 1 saturated heterocycles. The molecule has 3 N–H and O–H groups in total. The zero-order chi connectivity index (χ0) is 22.2. The van der Waals surface area contributed by atoms with Gasteiger partial charge in [-0.05, 0) is 48.9 Å². The molecule has 1 heterocycles. The topological polar surface area (TPSA) is 93.8 Å². The van der Waals surface area contributed by atoms with Gasteiger partial charge >= 0.3 is 6.03 Å². The lowest BCUT2D eigenvalue weighted by atomic mass is 10.2. The summed E-state index contributed by atoms with van der Waals surface area (Å²) in [5.74, 6) is -0.569. The molecule has 8 nitrogen and oxygen atoms in total. The highest BCUT2D eigenvalue weighted by molar-refractivity contribution is 6.30. The number of amides is 4. The molecule has 0 spiro atoms. The van der Waals surface area contributed by atoms with E-state index in [0.717, 1.165) is 11.3 Å². The van der Waals surface area contributed by atoms with Crippen LogP contribution in [-0.2, 0) is 9.59 Å². The number of aryl methyl sites for hydroxylation is 1. The summed E-state index contributed by atoms with van der Waals surface area (Å²) in [5, 5.41) is 8.38. The predicted molar refractivity (Wildman–Crippen MR) is 121 cm³/mol. The number of rotatable bonds is 6. The zero-order valence-electron chi connectivity index (χ0n) is 17.4. The molecular weight excluding hydrogens is 418 g/mol. The molecule has 0 aliphatic carbocycles. The van der Waals surface area contributed by atoms with E-state index in [-0.39, 0.29) is 19.0 Å². The van der Waals surface area contributed by atoms with Crippen LogP contribution in [0.2, 0.25) is 5.02 Å². The molecule has 1 aliphatic heterocycles. The van der Waals surface area contributed by atoms with Crippen molar-refractivity contribution >= 4 is 40.8 Å². The van der Waals surface area contributed by atoms with Gasteiger partial charge in [-0.1, -0.05) is 23.7 Å². The van der Waals surface area contributed by atoms with Gasteiger partial charge in [-0.25, -0.2) is 4.79 Å². The molecule has 2 aromatic carbocycles. The summed E-state index contributed by atoms with van der Waals surface area (Å²) in [7, 11) is 0. The minimum atomic E-state index is -0.481. The smallest absolute Gasteiger partial charge is 0.319 e. The van der Waals surface area contributed by atoms with E-state index in [0.29, 0.717) is 36.9 Å². The van der Waals surface area contributed by atoms with Gasteiger partial charge in [0.15, 0.2) is 0 Å². The zero-order valence-corrected chi connectivity index (χ0v) is 18.1. The first-order valence-electron chi connectivity index (χ1n) is 10.1. The van der Waals surface area contributed by atoms with Gasteiger partial charge in [0.25, 0.3) is 0 Å². The second-order valence-electron chi connectivity index (χ2n) is 7.30. The normalized spacial score (nSPS) is 13.5. The van der Waals surface area contributed by atoms with E-state index in [1.54, 1.807) is 11.0 Å². The van der Waals surface area contributed by atoms with Crippen molar-refractivity contribution in [3.63, 3.8) is 0 Å². The van der Waals surface area contributed by atoms with Gasteiger partial charge in [0.1, 0.15) is 0 Å². The van der Waals surface area contributed by atoms with E-state index in [1.807, 2.05) is 49.4 Å². The molecular formula is C22H26ClN5O3. The number of nitrogens with zero attached hydrogens (tertiary/aromatic N) is 2. The average molecular weight is 444 g/mol. The lowest BCUT2D eigenvalue weighted by Gasteiger charge is -2.36. The fourth-order valence-corrected chi connectivity index (χ4v) is 3.40. The molecule has 0 aromatic heterocycles. The lowest BCUT2D eigenvalue weighted by molar-refractivity contribution is -0.132. The van der Waals surface area contributed by atoms with Gasteiger partial charge in [0, 0.05) is 42.6 Å². The van der Waals surface area contributed by atoms with E-state index in [9.17, 15) is 14.4 Å². The fraction of sp³-hybridized carbons (Fsp3) is 0.318. The summed E-state index contributed by atoms with van der Waals surface area (Å²) in [6.45, 7) is 4.19. The number of nitrogens with one attached hydrogen (secondary N) is 3. The van der Waals surface area contributed by atoms with Crippen molar-refractivity contribution < 1.29 is 14.4 Å². The van der Waals surface area contributed by atoms with Crippen molar-refractivity contribution in [2.24, 2.45) is 0 Å². The Bertz CT molecular complexity index is 927. The molecule has 9 heteroatoms. The summed E-state index contributed by atoms with van der Waals surface area (Å²) in [6.07, 6.45) is 0. The first-order valence-corrected chi connectivity index (χ1v) is 10.4. The average Bonchev–Trinajstić information content (AvgIpc) is 2.77. The van der Waals surface area contributed by atoms with Gasteiger partial charge in [0.2, 0.25) is 11.8 Å². The molecule has 0 atom stereocenters. The number of hydrogen-bond acceptors (Lipinski definition) is 4. The van der Waals surface area contributed by atoms with Crippen molar-refractivity contribution in [3.8, 4) is 0 Å². The Morgan fingerprint density at radius 1 is 0.935 bits per heavy atom. The third-order valence-electron chi connectivity index (χ3n) is 4.95. The van der Waals surface area contributed by atoms with Crippen LogP contribution < -0.4 is 20.9 Å². The van der Waals surface area contributed by atoms with Crippen LogP contribution in [0.3, 0.4) is 0 Å². The Labute approximate surface area is 186 Å². The minimum absolute atomic E-state index is 0.0963. The highest BCUT2D eigenvalue weighted by atomic mass is 35.5. The highest BCUT2D eigenvalue weighted by Gasteiger charge is 2.21. The second-order valence-corrected chi connectivity index (χ2v) is 7.73. The molecule has 2 aromatic rings. The second kappa shape index (κ2) is 10.7. The van der Waals surface area contributed by atoms with Crippen LogP contribution in [-0.4, -0.2) is 62.0 Å². The van der Waals surface area contributed by atoms with Crippen LogP contribution in [0.5, 0.6) is 0 Å². The van der Waals surface area contributed by atoms with Gasteiger partial charge < -0.3 is 25.8 Å². The molecule has 0 saturated carbocycles. The van der Waals surface area contributed by atoms with Gasteiger partial charge in [-0.3, -0.25) is 9.59 Å². The van der Waals surface area contributed by atoms with E-state index >= 15 is 0 Å². The van der Waals surface area contributed by atoms with Crippen molar-refractivity contribution in [2.75, 3.05) is 49.5 Å². The largest absolute Gasteiger partial charge is 0.368 e. The Hall–Kier alpha value is -3.26. The number of piperazine rings is 1. The first kappa shape index (κ1) is 22.4. The van der Waals surface area contributed by atoms with Crippen LogP contribution in [0.4, 0.5) is 16.2 Å². The maximum atomic E-state index is 12.4. The Morgan fingerprint density at radius 2 is 1.65 bits per heavy atom. The summed E-state index contributed by atoms with van der Waals surface area (Å²) in [4.78, 5) is 40.1. The summed E-state index contributed by atoms with van der Waals surface area (Å²) < 4.78 is 0.